The molecule has 90 valence electrons. The van der Waals surface area contributed by atoms with Crippen LogP contribution in [0.25, 0.3) is 0 Å². The Kier molecular flexibility index (Phi) is 5.20. The lowest BCUT2D eigenvalue weighted by Gasteiger charge is -2.27. The molecular formula is C10H16IN3O2. The highest BCUT2D eigenvalue weighted by Gasteiger charge is 2.16. The second-order valence-corrected chi connectivity index (χ2v) is 4.73. The molecule has 0 radical (unpaired) electrons. The number of aromatic nitrogens is 2. The van der Waals surface area contributed by atoms with Crippen molar-refractivity contribution >= 4 is 28.4 Å². The smallest absolute Gasteiger partial charge is 0.266 e. The molecule has 0 aliphatic carbocycles. The molecule has 0 amide bonds. The van der Waals surface area contributed by atoms with E-state index in [4.69, 9.17) is 4.74 Å². The Labute approximate surface area is 108 Å². The van der Waals surface area contributed by atoms with E-state index in [2.05, 4.69) is 28.7 Å². The number of nitrogens with one attached hydrogen (secondary N) is 1. The normalized spacial score (nSPS) is 10.8. The molecule has 0 atom stereocenters. The van der Waals surface area contributed by atoms with E-state index in [1.54, 1.807) is 7.11 Å². The van der Waals surface area contributed by atoms with E-state index in [0.717, 1.165) is 12.4 Å². The summed E-state index contributed by atoms with van der Waals surface area (Å²) in [6.07, 6.45) is 1.43. The third-order valence-electron chi connectivity index (χ3n) is 2.21. The van der Waals surface area contributed by atoms with Crippen molar-refractivity contribution in [3.05, 3.63) is 20.3 Å². The zero-order chi connectivity index (χ0) is 12.1. The van der Waals surface area contributed by atoms with Crippen LogP contribution in [0.1, 0.15) is 13.8 Å². The van der Waals surface area contributed by atoms with Gasteiger partial charge in [-0.2, -0.15) is 0 Å². The van der Waals surface area contributed by atoms with E-state index >= 15 is 0 Å². The summed E-state index contributed by atoms with van der Waals surface area (Å²) in [4.78, 5) is 20.3. The molecule has 0 aliphatic heterocycles. The average Bonchev–Trinajstić information content (AvgIpc) is 2.24. The molecule has 0 bridgehead atoms. The van der Waals surface area contributed by atoms with E-state index in [1.807, 2.05) is 22.6 Å². The quantitative estimate of drug-likeness (QED) is 0.822. The van der Waals surface area contributed by atoms with Crippen LogP contribution in [0.4, 0.5) is 5.82 Å². The largest absolute Gasteiger partial charge is 0.383 e. The first-order chi connectivity index (χ1) is 7.57. The Morgan fingerprint density at radius 1 is 1.62 bits per heavy atom. The number of ether oxygens (including phenoxy) is 1. The molecule has 1 heterocycles. The van der Waals surface area contributed by atoms with Crippen LogP contribution in [0.5, 0.6) is 0 Å². The van der Waals surface area contributed by atoms with Crippen LogP contribution in [0.2, 0.25) is 0 Å². The number of aromatic amines is 1. The molecule has 0 spiro atoms. The minimum atomic E-state index is -0.103. The third-order valence-corrected chi connectivity index (χ3v) is 3.18. The van der Waals surface area contributed by atoms with Gasteiger partial charge in [0.15, 0.2) is 0 Å². The third kappa shape index (κ3) is 3.18. The van der Waals surface area contributed by atoms with Crippen LogP contribution in [0.15, 0.2) is 11.1 Å². The van der Waals surface area contributed by atoms with Gasteiger partial charge in [-0.25, -0.2) is 4.98 Å². The molecule has 0 fully saturated rings. The first-order valence-corrected chi connectivity index (χ1v) is 6.14. The summed E-state index contributed by atoms with van der Waals surface area (Å²) in [6.45, 7) is 5.46. The summed E-state index contributed by atoms with van der Waals surface area (Å²) in [7, 11) is 1.66. The Hall–Kier alpha value is -0.630. The van der Waals surface area contributed by atoms with E-state index in [9.17, 15) is 4.79 Å². The lowest BCUT2D eigenvalue weighted by atomic mass is 10.3. The van der Waals surface area contributed by atoms with E-state index in [0.29, 0.717) is 10.2 Å². The first kappa shape index (κ1) is 13.4. The molecule has 0 unspecified atom stereocenters. The Morgan fingerprint density at radius 3 is 2.88 bits per heavy atom. The second-order valence-electron chi connectivity index (χ2n) is 3.65. The van der Waals surface area contributed by atoms with Crippen molar-refractivity contribution in [1.29, 1.82) is 0 Å². The van der Waals surface area contributed by atoms with Crippen LogP contribution >= 0.6 is 22.6 Å². The summed E-state index contributed by atoms with van der Waals surface area (Å²) >= 11 is 2.02. The van der Waals surface area contributed by atoms with Gasteiger partial charge in [0.1, 0.15) is 9.39 Å². The van der Waals surface area contributed by atoms with Crippen molar-refractivity contribution in [2.24, 2.45) is 0 Å². The van der Waals surface area contributed by atoms with E-state index in [1.165, 1.54) is 6.33 Å². The molecule has 0 saturated carbocycles. The number of methoxy groups -OCH3 is 1. The van der Waals surface area contributed by atoms with Crippen molar-refractivity contribution in [2.75, 3.05) is 25.2 Å². The van der Waals surface area contributed by atoms with Gasteiger partial charge in [-0.1, -0.05) is 0 Å². The summed E-state index contributed by atoms with van der Waals surface area (Å²) in [6, 6.07) is 0.276. The van der Waals surface area contributed by atoms with E-state index in [-0.39, 0.29) is 11.6 Å². The number of rotatable bonds is 5. The molecule has 1 aromatic heterocycles. The van der Waals surface area contributed by atoms with Crippen LogP contribution in [0.3, 0.4) is 0 Å². The minimum Gasteiger partial charge on any atom is -0.383 e. The highest BCUT2D eigenvalue weighted by atomic mass is 127. The fraction of sp³-hybridized carbons (Fsp3) is 0.600. The van der Waals surface area contributed by atoms with Crippen LogP contribution < -0.4 is 10.5 Å². The number of hydrogen-bond donors (Lipinski definition) is 1. The molecule has 1 N–H and O–H groups in total. The van der Waals surface area contributed by atoms with Gasteiger partial charge < -0.3 is 14.6 Å². The summed E-state index contributed by atoms with van der Waals surface area (Å²) in [5.74, 6) is 0.719. The maximum atomic E-state index is 11.5. The van der Waals surface area contributed by atoms with Gasteiger partial charge in [-0.15, -0.1) is 0 Å². The molecule has 5 nitrogen and oxygen atoms in total. The van der Waals surface area contributed by atoms with Gasteiger partial charge >= 0.3 is 0 Å². The highest BCUT2D eigenvalue weighted by molar-refractivity contribution is 14.1. The van der Waals surface area contributed by atoms with Gasteiger partial charge in [0, 0.05) is 19.7 Å². The van der Waals surface area contributed by atoms with Crippen LogP contribution in [0, 0.1) is 3.57 Å². The molecule has 16 heavy (non-hydrogen) atoms. The first-order valence-electron chi connectivity index (χ1n) is 5.06. The molecule has 0 saturated heterocycles. The standard InChI is InChI=1S/C10H16IN3O2/c1-7(2)14(4-5-16-3)9-8(11)10(15)13-6-12-9/h6-7H,4-5H2,1-3H3,(H,12,13,15). The van der Waals surface area contributed by atoms with Gasteiger partial charge in [0.05, 0.1) is 12.9 Å². The zero-order valence-corrected chi connectivity index (χ0v) is 11.8. The predicted molar refractivity (Wildman–Crippen MR) is 71.9 cm³/mol. The highest BCUT2D eigenvalue weighted by Crippen LogP contribution is 2.17. The maximum absolute atomic E-state index is 11.5. The fourth-order valence-electron chi connectivity index (χ4n) is 1.37. The summed E-state index contributed by atoms with van der Waals surface area (Å²) in [5.41, 5.74) is -0.103. The van der Waals surface area contributed by atoms with Crippen molar-refractivity contribution < 1.29 is 4.74 Å². The molecule has 0 aromatic carbocycles. The SMILES string of the molecule is COCCN(c1nc[nH]c(=O)c1I)C(C)C. The lowest BCUT2D eigenvalue weighted by molar-refractivity contribution is 0.203. The Morgan fingerprint density at radius 2 is 2.31 bits per heavy atom. The number of nitrogens with zero attached hydrogens (tertiary/aromatic N) is 2. The molecule has 0 aliphatic rings. The minimum absolute atomic E-state index is 0.103. The number of hydrogen-bond acceptors (Lipinski definition) is 4. The lowest BCUT2D eigenvalue weighted by Crippen LogP contribution is -2.36. The zero-order valence-electron chi connectivity index (χ0n) is 9.66. The summed E-state index contributed by atoms with van der Waals surface area (Å²) < 4.78 is 5.67. The van der Waals surface area contributed by atoms with Gasteiger partial charge in [0.25, 0.3) is 5.56 Å². The number of H-pyrrole nitrogens is 1. The molecular weight excluding hydrogens is 321 g/mol. The van der Waals surface area contributed by atoms with Crippen molar-refractivity contribution in [1.82, 2.24) is 9.97 Å². The number of anilines is 1. The molecule has 6 heteroatoms. The summed E-state index contributed by atoms with van der Waals surface area (Å²) in [5, 5.41) is 0. The number of halogens is 1. The van der Waals surface area contributed by atoms with E-state index < -0.39 is 0 Å². The fourth-order valence-corrected chi connectivity index (χ4v) is 1.98. The van der Waals surface area contributed by atoms with Crippen molar-refractivity contribution in [3.63, 3.8) is 0 Å². The van der Waals surface area contributed by atoms with Crippen molar-refractivity contribution in [3.8, 4) is 0 Å². The second kappa shape index (κ2) is 6.19. The van der Waals surface area contributed by atoms with Gasteiger partial charge in [0.2, 0.25) is 0 Å². The van der Waals surface area contributed by atoms with Gasteiger partial charge in [-0.3, -0.25) is 4.79 Å². The molecule has 1 rings (SSSR count). The van der Waals surface area contributed by atoms with Gasteiger partial charge in [-0.05, 0) is 36.4 Å². The predicted octanol–water partition coefficient (Wildman–Crippen LogP) is 1.24. The van der Waals surface area contributed by atoms with Crippen molar-refractivity contribution in [2.45, 2.75) is 19.9 Å². The monoisotopic (exact) mass is 337 g/mol. The van der Waals surface area contributed by atoms with Crippen LogP contribution in [-0.2, 0) is 4.74 Å². The average molecular weight is 337 g/mol. The molecule has 1 aromatic rings. The van der Waals surface area contributed by atoms with Crippen LogP contribution in [-0.4, -0.2) is 36.3 Å². The Bertz CT molecular complexity index is 392. The topological polar surface area (TPSA) is 58.2 Å². The maximum Gasteiger partial charge on any atom is 0.266 e. The Balaban J connectivity index is 3.01.